The van der Waals surface area contributed by atoms with Gasteiger partial charge in [0, 0.05) is 38.2 Å². The predicted octanol–water partition coefficient (Wildman–Crippen LogP) is 3.41. The number of hydrogen-bond acceptors (Lipinski definition) is 3. The van der Waals surface area contributed by atoms with E-state index < -0.39 is 0 Å². The third kappa shape index (κ3) is 7.96. The van der Waals surface area contributed by atoms with Crippen molar-refractivity contribution in [3.05, 3.63) is 29.3 Å². The summed E-state index contributed by atoms with van der Waals surface area (Å²) >= 11 is 5.59. The van der Waals surface area contributed by atoms with Crippen molar-refractivity contribution in [1.29, 1.82) is 0 Å². The van der Waals surface area contributed by atoms with E-state index in [-0.39, 0.29) is 0 Å². The maximum absolute atomic E-state index is 5.70. The first-order valence-corrected chi connectivity index (χ1v) is 7.66. The number of methoxy groups -OCH3 is 1. The molecular formula is C17H23ClO3. The summed E-state index contributed by atoms with van der Waals surface area (Å²) < 4.78 is 16.1. The molecular weight excluding hydrogens is 288 g/mol. The van der Waals surface area contributed by atoms with E-state index in [0.717, 1.165) is 29.9 Å². The van der Waals surface area contributed by atoms with E-state index in [1.54, 1.807) is 7.11 Å². The monoisotopic (exact) mass is 310 g/mol. The zero-order chi connectivity index (χ0) is 15.3. The van der Waals surface area contributed by atoms with E-state index in [1.165, 1.54) is 0 Å². The lowest BCUT2D eigenvalue weighted by Gasteiger charge is -2.09. The fraction of sp³-hybridized carbons (Fsp3) is 0.529. The minimum absolute atomic E-state index is 0.547. The van der Waals surface area contributed by atoms with E-state index in [0.29, 0.717) is 32.1 Å². The second-order valence-electron chi connectivity index (χ2n) is 4.53. The Bertz CT molecular complexity index is 463. The molecule has 0 unspecified atom stereocenters. The van der Waals surface area contributed by atoms with Crippen molar-refractivity contribution in [3.63, 3.8) is 0 Å². The standard InChI is InChI=1S/C17H23ClO3/c1-15-14-16(6-3-4-9-18)7-8-17(15)21-13-12-20-11-5-10-19-2/h7-8,14H,4-5,9-13H2,1-2H3. The van der Waals surface area contributed by atoms with Crippen molar-refractivity contribution < 1.29 is 14.2 Å². The Kier molecular flexibility index (Phi) is 9.73. The summed E-state index contributed by atoms with van der Waals surface area (Å²) in [5.41, 5.74) is 2.06. The molecule has 0 aliphatic heterocycles. The first-order valence-electron chi connectivity index (χ1n) is 7.13. The molecule has 0 radical (unpaired) electrons. The maximum Gasteiger partial charge on any atom is 0.122 e. The number of halogens is 1. The summed E-state index contributed by atoms with van der Waals surface area (Å²) in [6.07, 6.45) is 1.62. The highest BCUT2D eigenvalue weighted by molar-refractivity contribution is 6.18. The molecule has 1 rings (SSSR count). The summed E-state index contributed by atoms with van der Waals surface area (Å²) in [5, 5.41) is 0. The number of benzene rings is 1. The summed E-state index contributed by atoms with van der Waals surface area (Å²) in [4.78, 5) is 0. The quantitative estimate of drug-likeness (QED) is 0.397. The molecule has 0 aliphatic rings. The maximum atomic E-state index is 5.70. The Hall–Kier alpha value is -1.21. The lowest BCUT2D eigenvalue weighted by Crippen LogP contribution is -2.09. The van der Waals surface area contributed by atoms with Crippen LogP contribution >= 0.6 is 11.6 Å². The third-order valence-corrected chi connectivity index (χ3v) is 2.94. The van der Waals surface area contributed by atoms with Crippen molar-refractivity contribution in [1.82, 2.24) is 0 Å². The lowest BCUT2D eigenvalue weighted by atomic mass is 10.1. The molecule has 0 bridgehead atoms. The van der Waals surface area contributed by atoms with Crippen molar-refractivity contribution in [2.45, 2.75) is 19.8 Å². The van der Waals surface area contributed by atoms with Gasteiger partial charge in [-0.05, 0) is 37.1 Å². The highest BCUT2D eigenvalue weighted by atomic mass is 35.5. The van der Waals surface area contributed by atoms with Crippen LogP contribution in [0.3, 0.4) is 0 Å². The minimum Gasteiger partial charge on any atom is -0.491 e. The first-order chi connectivity index (χ1) is 10.3. The van der Waals surface area contributed by atoms with Gasteiger partial charge < -0.3 is 14.2 Å². The topological polar surface area (TPSA) is 27.7 Å². The predicted molar refractivity (Wildman–Crippen MR) is 86.2 cm³/mol. The van der Waals surface area contributed by atoms with E-state index in [2.05, 4.69) is 11.8 Å². The Morgan fingerprint density at radius 2 is 2.00 bits per heavy atom. The van der Waals surface area contributed by atoms with E-state index in [9.17, 15) is 0 Å². The van der Waals surface area contributed by atoms with Crippen molar-refractivity contribution in [2.75, 3.05) is 39.4 Å². The minimum atomic E-state index is 0.547. The molecule has 3 nitrogen and oxygen atoms in total. The van der Waals surface area contributed by atoms with Gasteiger partial charge in [0.1, 0.15) is 12.4 Å². The normalized spacial score (nSPS) is 10.0. The van der Waals surface area contributed by atoms with Gasteiger partial charge in [-0.2, -0.15) is 0 Å². The molecule has 0 amide bonds. The van der Waals surface area contributed by atoms with Crippen LogP contribution in [0.1, 0.15) is 24.0 Å². The Labute approximate surface area is 132 Å². The van der Waals surface area contributed by atoms with E-state index in [4.69, 9.17) is 25.8 Å². The summed E-state index contributed by atoms with van der Waals surface area (Å²) in [5.74, 6) is 7.55. The van der Waals surface area contributed by atoms with Gasteiger partial charge in [-0.3, -0.25) is 0 Å². The molecule has 0 saturated heterocycles. The van der Waals surface area contributed by atoms with Crippen LogP contribution in [0.2, 0.25) is 0 Å². The van der Waals surface area contributed by atoms with Gasteiger partial charge in [0.25, 0.3) is 0 Å². The van der Waals surface area contributed by atoms with Crippen LogP contribution in [0.15, 0.2) is 18.2 Å². The van der Waals surface area contributed by atoms with Gasteiger partial charge in [0.15, 0.2) is 0 Å². The molecule has 1 aromatic carbocycles. The molecule has 0 heterocycles. The fourth-order valence-electron chi connectivity index (χ4n) is 1.72. The molecule has 116 valence electrons. The summed E-state index contributed by atoms with van der Waals surface area (Å²) in [6.45, 7) is 4.57. The Morgan fingerprint density at radius 1 is 1.14 bits per heavy atom. The number of alkyl halides is 1. The van der Waals surface area contributed by atoms with Crippen molar-refractivity contribution >= 4 is 11.6 Å². The number of rotatable bonds is 9. The highest BCUT2D eigenvalue weighted by Gasteiger charge is 2.00. The lowest BCUT2D eigenvalue weighted by molar-refractivity contribution is 0.0805. The van der Waals surface area contributed by atoms with Gasteiger partial charge in [-0.25, -0.2) is 0 Å². The van der Waals surface area contributed by atoms with Crippen LogP contribution in [0.4, 0.5) is 0 Å². The molecule has 0 aromatic heterocycles. The van der Waals surface area contributed by atoms with Crippen molar-refractivity contribution in [3.8, 4) is 17.6 Å². The third-order valence-electron chi connectivity index (χ3n) is 2.75. The van der Waals surface area contributed by atoms with E-state index >= 15 is 0 Å². The van der Waals surface area contributed by atoms with E-state index in [1.807, 2.05) is 25.1 Å². The Balaban J connectivity index is 2.31. The number of aryl methyl sites for hydroxylation is 1. The van der Waals surface area contributed by atoms with Crippen LogP contribution in [0.5, 0.6) is 5.75 Å². The molecule has 0 fully saturated rings. The van der Waals surface area contributed by atoms with Crippen LogP contribution in [0.25, 0.3) is 0 Å². The second kappa shape index (κ2) is 11.4. The zero-order valence-corrected chi connectivity index (χ0v) is 13.5. The van der Waals surface area contributed by atoms with Gasteiger partial charge in [-0.1, -0.05) is 11.8 Å². The number of ether oxygens (including phenoxy) is 3. The average molecular weight is 311 g/mol. The Morgan fingerprint density at radius 3 is 2.71 bits per heavy atom. The first kappa shape index (κ1) is 17.8. The summed E-state index contributed by atoms with van der Waals surface area (Å²) in [6, 6.07) is 5.93. The van der Waals surface area contributed by atoms with Gasteiger partial charge in [0.2, 0.25) is 0 Å². The van der Waals surface area contributed by atoms with Crippen molar-refractivity contribution in [2.24, 2.45) is 0 Å². The van der Waals surface area contributed by atoms with Crippen LogP contribution < -0.4 is 4.74 Å². The van der Waals surface area contributed by atoms with Crippen LogP contribution in [-0.4, -0.2) is 39.4 Å². The molecule has 0 spiro atoms. The second-order valence-corrected chi connectivity index (χ2v) is 4.91. The van der Waals surface area contributed by atoms with Gasteiger partial charge >= 0.3 is 0 Å². The smallest absolute Gasteiger partial charge is 0.122 e. The van der Waals surface area contributed by atoms with Gasteiger partial charge in [-0.15, -0.1) is 11.6 Å². The van der Waals surface area contributed by atoms with Crippen LogP contribution in [-0.2, 0) is 9.47 Å². The molecule has 1 aromatic rings. The number of hydrogen-bond donors (Lipinski definition) is 0. The molecule has 0 saturated carbocycles. The highest BCUT2D eigenvalue weighted by Crippen LogP contribution is 2.18. The molecule has 21 heavy (non-hydrogen) atoms. The molecule has 0 atom stereocenters. The molecule has 0 N–H and O–H groups in total. The average Bonchev–Trinajstić information content (AvgIpc) is 2.48. The summed E-state index contributed by atoms with van der Waals surface area (Å²) in [7, 11) is 1.69. The van der Waals surface area contributed by atoms with Crippen LogP contribution in [0, 0.1) is 18.8 Å². The largest absolute Gasteiger partial charge is 0.491 e. The van der Waals surface area contributed by atoms with Gasteiger partial charge in [0.05, 0.1) is 6.61 Å². The molecule has 4 heteroatoms. The SMILES string of the molecule is COCCCOCCOc1ccc(C#CCCCl)cc1C. The zero-order valence-electron chi connectivity index (χ0n) is 12.8. The fourth-order valence-corrected chi connectivity index (χ4v) is 1.81. The molecule has 0 aliphatic carbocycles.